The largest absolute Gasteiger partial charge is 0.342 e. The summed E-state index contributed by atoms with van der Waals surface area (Å²) in [6.45, 7) is 5.68. The van der Waals surface area contributed by atoms with E-state index in [-0.39, 0.29) is 0 Å². The molecule has 110 valence electrons. The zero-order valence-corrected chi connectivity index (χ0v) is 12.9. The fourth-order valence-electron chi connectivity index (χ4n) is 3.19. The van der Waals surface area contributed by atoms with E-state index in [1.807, 2.05) is 4.90 Å². The number of thiol groups is 1. The molecule has 3 nitrogen and oxygen atoms in total. The minimum absolute atomic E-state index is 0.342. The van der Waals surface area contributed by atoms with Crippen LogP contribution in [0.3, 0.4) is 0 Å². The first-order chi connectivity index (χ1) is 9.29. The average Bonchev–Trinajstić information content (AvgIpc) is 2.63. The molecule has 2 aliphatic rings. The third-order valence-electron chi connectivity index (χ3n) is 4.40. The molecule has 0 saturated carbocycles. The fraction of sp³-hybridized carbons (Fsp3) is 0.933. The third kappa shape index (κ3) is 4.99. The molecule has 0 aromatic carbocycles. The van der Waals surface area contributed by atoms with Crippen LogP contribution in [0.4, 0.5) is 0 Å². The van der Waals surface area contributed by atoms with Gasteiger partial charge in [0.2, 0.25) is 5.91 Å². The summed E-state index contributed by atoms with van der Waals surface area (Å²) in [6.07, 6.45) is 8.66. The monoisotopic (exact) mass is 284 g/mol. The normalized spacial score (nSPS) is 25.8. The van der Waals surface area contributed by atoms with Gasteiger partial charge in [-0.3, -0.25) is 4.79 Å². The number of hydrogen-bond acceptors (Lipinski definition) is 3. The quantitative estimate of drug-likeness (QED) is 0.598. The number of amides is 1. The number of hydrogen-bond donors (Lipinski definition) is 1. The Labute approximate surface area is 123 Å². The molecule has 0 aromatic heterocycles. The van der Waals surface area contributed by atoms with Gasteiger partial charge < -0.3 is 9.80 Å². The average molecular weight is 284 g/mol. The van der Waals surface area contributed by atoms with Gasteiger partial charge in [0.05, 0.1) is 0 Å². The van der Waals surface area contributed by atoms with Crippen molar-refractivity contribution in [3.63, 3.8) is 0 Å². The molecule has 1 unspecified atom stereocenters. The van der Waals surface area contributed by atoms with Gasteiger partial charge in [0.1, 0.15) is 0 Å². The fourth-order valence-corrected chi connectivity index (χ4v) is 3.43. The minimum Gasteiger partial charge on any atom is -0.342 e. The molecule has 2 fully saturated rings. The van der Waals surface area contributed by atoms with Crippen LogP contribution in [0.15, 0.2) is 0 Å². The van der Waals surface area contributed by atoms with Crippen molar-refractivity contribution in [1.82, 2.24) is 9.80 Å². The highest BCUT2D eigenvalue weighted by atomic mass is 32.1. The van der Waals surface area contributed by atoms with E-state index < -0.39 is 0 Å². The van der Waals surface area contributed by atoms with Crippen LogP contribution in [-0.4, -0.2) is 54.2 Å². The molecule has 1 atom stereocenters. The van der Waals surface area contributed by atoms with E-state index in [4.69, 9.17) is 0 Å². The van der Waals surface area contributed by atoms with Crippen LogP contribution in [0.2, 0.25) is 0 Å². The van der Waals surface area contributed by atoms with Crippen LogP contribution in [0.25, 0.3) is 0 Å². The first-order valence-corrected chi connectivity index (χ1v) is 8.54. The number of carbonyl (C=O) groups is 1. The summed E-state index contributed by atoms with van der Waals surface area (Å²) in [7, 11) is 0. The topological polar surface area (TPSA) is 23.6 Å². The number of rotatable bonds is 6. The van der Waals surface area contributed by atoms with Gasteiger partial charge >= 0.3 is 0 Å². The van der Waals surface area contributed by atoms with E-state index in [9.17, 15) is 4.79 Å². The highest BCUT2D eigenvalue weighted by Crippen LogP contribution is 2.19. The van der Waals surface area contributed by atoms with Crippen LogP contribution in [0.1, 0.15) is 44.9 Å². The van der Waals surface area contributed by atoms with E-state index in [0.29, 0.717) is 11.8 Å². The van der Waals surface area contributed by atoms with Gasteiger partial charge in [0.15, 0.2) is 0 Å². The Morgan fingerprint density at radius 1 is 1.05 bits per heavy atom. The molecule has 0 N–H and O–H groups in total. The van der Waals surface area contributed by atoms with E-state index in [1.54, 1.807) is 0 Å². The number of likely N-dealkylation sites (tertiary alicyclic amines) is 2. The van der Waals surface area contributed by atoms with Crippen molar-refractivity contribution in [1.29, 1.82) is 0 Å². The van der Waals surface area contributed by atoms with Crippen molar-refractivity contribution in [2.75, 3.05) is 38.5 Å². The molecule has 19 heavy (non-hydrogen) atoms. The molecule has 2 rings (SSSR count). The number of nitrogens with zero attached hydrogens (tertiary/aromatic N) is 2. The molecule has 0 aliphatic carbocycles. The molecule has 2 aliphatic heterocycles. The zero-order chi connectivity index (χ0) is 13.5. The smallest absolute Gasteiger partial charge is 0.222 e. The summed E-state index contributed by atoms with van der Waals surface area (Å²) in [4.78, 5) is 16.4. The molecule has 0 bridgehead atoms. The SMILES string of the molecule is O=C1CC(CS)CN1CCCCN1CCCCCC1. The first kappa shape index (κ1) is 15.2. The molecule has 0 radical (unpaired) electrons. The van der Waals surface area contributed by atoms with Crippen molar-refractivity contribution < 1.29 is 4.79 Å². The second kappa shape index (κ2) is 8.15. The standard InChI is InChI=1S/C15H28N2OS/c18-15-11-14(13-19)12-17(15)10-6-5-9-16-7-3-1-2-4-8-16/h14,19H,1-13H2. The maximum Gasteiger partial charge on any atom is 0.222 e. The van der Waals surface area contributed by atoms with Crippen molar-refractivity contribution in [3.8, 4) is 0 Å². The van der Waals surface area contributed by atoms with Crippen molar-refractivity contribution in [3.05, 3.63) is 0 Å². The molecule has 0 spiro atoms. The Balaban J connectivity index is 1.57. The van der Waals surface area contributed by atoms with Crippen molar-refractivity contribution in [2.24, 2.45) is 5.92 Å². The maximum absolute atomic E-state index is 11.8. The highest BCUT2D eigenvalue weighted by molar-refractivity contribution is 7.80. The summed E-state index contributed by atoms with van der Waals surface area (Å²) < 4.78 is 0. The second-order valence-electron chi connectivity index (χ2n) is 6.06. The molecule has 1 amide bonds. The van der Waals surface area contributed by atoms with Crippen molar-refractivity contribution >= 4 is 18.5 Å². The highest BCUT2D eigenvalue weighted by Gasteiger charge is 2.27. The number of carbonyl (C=O) groups excluding carboxylic acids is 1. The van der Waals surface area contributed by atoms with Gasteiger partial charge in [0, 0.05) is 19.5 Å². The van der Waals surface area contributed by atoms with Crippen LogP contribution in [0.5, 0.6) is 0 Å². The van der Waals surface area contributed by atoms with Gasteiger partial charge in [-0.2, -0.15) is 12.6 Å². The minimum atomic E-state index is 0.342. The van der Waals surface area contributed by atoms with Crippen LogP contribution in [0, 0.1) is 5.92 Å². The lowest BCUT2D eigenvalue weighted by Crippen LogP contribution is -2.29. The van der Waals surface area contributed by atoms with Gasteiger partial charge in [-0.25, -0.2) is 0 Å². The van der Waals surface area contributed by atoms with Crippen LogP contribution in [-0.2, 0) is 4.79 Å². The molecule has 2 heterocycles. The Morgan fingerprint density at radius 2 is 1.74 bits per heavy atom. The van der Waals surface area contributed by atoms with E-state index in [2.05, 4.69) is 17.5 Å². The molecule has 4 heteroatoms. The summed E-state index contributed by atoms with van der Waals surface area (Å²) in [5.41, 5.74) is 0. The predicted octanol–water partition coefficient (Wildman–Crippen LogP) is 2.42. The molecular formula is C15H28N2OS. The Morgan fingerprint density at radius 3 is 2.37 bits per heavy atom. The Hall–Kier alpha value is -0.220. The number of unbranched alkanes of at least 4 members (excludes halogenated alkanes) is 1. The van der Waals surface area contributed by atoms with Crippen LogP contribution >= 0.6 is 12.6 Å². The summed E-state index contributed by atoms with van der Waals surface area (Å²) >= 11 is 4.30. The lowest BCUT2D eigenvalue weighted by Gasteiger charge is -2.21. The van der Waals surface area contributed by atoms with Gasteiger partial charge in [-0.1, -0.05) is 12.8 Å². The summed E-state index contributed by atoms with van der Waals surface area (Å²) in [5, 5.41) is 0. The van der Waals surface area contributed by atoms with E-state index in [0.717, 1.165) is 31.7 Å². The Bertz CT molecular complexity index is 277. The lowest BCUT2D eigenvalue weighted by molar-refractivity contribution is -0.127. The molecule has 2 saturated heterocycles. The zero-order valence-electron chi connectivity index (χ0n) is 12.0. The molecular weight excluding hydrogens is 256 g/mol. The molecule has 0 aromatic rings. The second-order valence-corrected chi connectivity index (χ2v) is 6.42. The van der Waals surface area contributed by atoms with E-state index >= 15 is 0 Å². The maximum atomic E-state index is 11.8. The van der Waals surface area contributed by atoms with E-state index in [1.165, 1.54) is 51.7 Å². The predicted molar refractivity (Wildman–Crippen MR) is 82.7 cm³/mol. The van der Waals surface area contributed by atoms with Crippen molar-refractivity contribution in [2.45, 2.75) is 44.9 Å². The summed E-state index contributed by atoms with van der Waals surface area (Å²) in [5.74, 6) is 1.67. The third-order valence-corrected chi connectivity index (χ3v) is 4.92. The van der Waals surface area contributed by atoms with Gasteiger partial charge in [-0.15, -0.1) is 0 Å². The first-order valence-electron chi connectivity index (χ1n) is 7.90. The van der Waals surface area contributed by atoms with Gasteiger partial charge in [-0.05, 0) is 57.0 Å². The summed E-state index contributed by atoms with van der Waals surface area (Å²) in [6, 6.07) is 0. The lowest BCUT2D eigenvalue weighted by atomic mass is 10.1. The van der Waals surface area contributed by atoms with Crippen LogP contribution < -0.4 is 0 Å². The Kier molecular flexibility index (Phi) is 6.51. The van der Waals surface area contributed by atoms with Gasteiger partial charge in [0.25, 0.3) is 0 Å².